The zero-order valence-electron chi connectivity index (χ0n) is 34.9. The summed E-state index contributed by atoms with van der Waals surface area (Å²) in [5.41, 5.74) is 2.78. The lowest BCUT2D eigenvalue weighted by molar-refractivity contribution is -0.146. The molecule has 1 aromatic heterocycles. The van der Waals surface area contributed by atoms with Gasteiger partial charge in [0.15, 0.2) is 0 Å². The zero-order valence-corrected chi connectivity index (χ0v) is 35.7. The topological polar surface area (TPSA) is 212 Å². The number of hydrogen-bond donors (Lipinski definition) is 7. The fourth-order valence-corrected chi connectivity index (χ4v) is 7.73. The number of carbonyl (C=O) groups is 7. The second kappa shape index (κ2) is 21.1. The second-order valence-corrected chi connectivity index (χ2v) is 16.8. The summed E-state index contributed by atoms with van der Waals surface area (Å²) >= 11 is 1.23. The predicted molar refractivity (Wildman–Crippen MR) is 239 cm³/mol. The van der Waals surface area contributed by atoms with Crippen molar-refractivity contribution in [2.45, 2.75) is 82.1 Å². The molecule has 1 unspecified atom stereocenters. The highest BCUT2D eigenvalue weighted by Crippen LogP contribution is 2.23. The van der Waals surface area contributed by atoms with Crippen molar-refractivity contribution in [1.82, 2.24) is 26.6 Å². The van der Waals surface area contributed by atoms with E-state index in [2.05, 4.69) is 31.9 Å². The summed E-state index contributed by atoms with van der Waals surface area (Å²) in [5.74, 6) is -5.21. The van der Waals surface area contributed by atoms with E-state index in [9.17, 15) is 38.7 Å². The van der Waals surface area contributed by atoms with Crippen LogP contribution < -0.4 is 31.9 Å². The van der Waals surface area contributed by atoms with Gasteiger partial charge in [0.05, 0.1) is 0 Å². The summed E-state index contributed by atoms with van der Waals surface area (Å²) in [6, 6.07) is 31.4. The van der Waals surface area contributed by atoms with Crippen LogP contribution in [0.25, 0.3) is 11.1 Å². The van der Waals surface area contributed by atoms with E-state index in [1.165, 1.54) is 25.2 Å². The van der Waals surface area contributed by atoms with Gasteiger partial charge in [0.25, 0.3) is 0 Å². The maximum absolute atomic E-state index is 14.6. The average molecular weight is 871 g/mol. The first-order chi connectivity index (χ1) is 30.2. The van der Waals surface area contributed by atoms with Crippen LogP contribution in [0.3, 0.4) is 0 Å². The molecular formula is C48H50N6O8S. The number of carboxylic acids is 1. The van der Waals surface area contributed by atoms with E-state index in [0.717, 1.165) is 16.7 Å². The lowest BCUT2D eigenvalue weighted by atomic mass is 9.98. The third-order valence-corrected chi connectivity index (χ3v) is 11.5. The van der Waals surface area contributed by atoms with E-state index < -0.39 is 71.1 Å². The van der Waals surface area contributed by atoms with Gasteiger partial charge in [-0.3, -0.25) is 28.8 Å². The minimum atomic E-state index is -1.69. The van der Waals surface area contributed by atoms with Crippen molar-refractivity contribution in [2.75, 3.05) is 5.32 Å². The number of thiophene rings is 1. The molecule has 4 atom stereocenters. The van der Waals surface area contributed by atoms with E-state index in [0.29, 0.717) is 28.1 Å². The highest BCUT2D eigenvalue weighted by molar-refractivity contribution is 7.10. The van der Waals surface area contributed by atoms with Crippen LogP contribution in [-0.4, -0.2) is 70.2 Å². The third-order valence-electron chi connectivity index (χ3n) is 10.6. The van der Waals surface area contributed by atoms with E-state index in [4.69, 9.17) is 0 Å². The molecule has 14 nitrogen and oxygen atoms in total. The van der Waals surface area contributed by atoms with Gasteiger partial charge in [-0.05, 0) is 78.1 Å². The molecule has 63 heavy (non-hydrogen) atoms. The van der Waals surface area contributed by atoms with Gasteiger partial charge >= 0.3 is 5.97 Å². The van der Waals surface area contributed by atoms with Crippen molar-refractivity contribution in [3.05, 3.63) is 148 Å². The van der Waals surface area contributed by atoms with Gasteiger partial charge in [-0.25, -0.2) is 4.79 Å². The number of hydrogen-bond acceptors (Lipinski definition) is 8. The van der Waals surface area contributed by atoms with Gasteiger partial charge in [0, 0.05) is 36.2 Å². The summed E-state index contributed by atoms with van der Waals surface area (Å²) in [6.45, 7) is 2.64. The maximum Gasteiger partial charge on any atom is 0.328 e. The monoisotopic (exact) mass is 870 g/mol. The van der Waals surface area contributed by atoms with Gasteiger partial charge in [-0.15, -0.1) is 11.3 Å². The van der Waals surface area contributed by atoms with Crippen LogP contribution in [0, 0.1) is 0 Å². The molecule has 0 aliphatic carbocycles. The molecule has 6 amide bonds. The number of aryl methyl sites for hydroxylation is 1. The van der Waals surface area contributed by atoms with Crippen molar-refractivity contribution >= 4 is 58.4 Å². The minimum absolute atomic E-state index is 0.00390. The maximum atomic E-state index is 14.6. The fraction of sp³-hybridized carbons (Fsp3) is 0.271. The summed E-state index contributed by atoms with van der Waals surface area (Å²) in [7, 11) is 0. The lowest BCUT2D eigenvalue weighted by Gasteiger charge is -2.28. The smallest absolute Gasteiger partial charge is 0.328 e. The minimum Gasteiger partial charge on any atom is -0.480 e. The molecule has 0 radical (unpaired) electrons. The molecule has 2 bridgehead atoms. The summed E-state index contributed by atoms with van der Waals surface area (Å²) in [5, 5.41) is 28.0. The molecule has 4 aromatic carbocycles. The third kappa shape index (κ3) is 12.9. The Labute approximate surface area is 369 Å². The Morgan fingerprint density at radius 1 is 0.667 bits per heavy atom. The molecule has 2 aliphatic heterocycles. The SMILES string of the molecule is CC(C)(NC(=O)[C@@H]1Cc2ccc(cc2)NC(=O)CCC(=O)NC(c2cccs2)C(=O)N[C@@H](Cc2ccc(-c3ccccc3)cc2)C(=O)N[C@H](CCc2ccccc2)C(=O)N1)C(=O)O. The predicted octanol–water partition coefficient (Wildman–Crippen LogP) is 4.86. The molecule has 3 heterocycles. The number of anilines is 1. The van der Waals surface area contributed by atoms with Crippen LogP contribution in [0.4, 0.5) is 5.69 Å². The first kappa shape index (κ1) is 45.4. The number of rotatable bonds is 10. The van der Waals surface area contributed by atoms with Crippen LogP contribution in [0.2, 0.25) is 0 Å². The number of benzene rings is 4. The normalized spacial score (nSPS) is 19.3. The van der Waals surface area contributed by atoms with Gasteiger partial charge < -0.3 is 37.0 Å². The Balaban J connectivity index is 1.37. The summed E-state index contributed by atoms with van der Waals surface area (Å²) in [4.78, 5) is 96.0. The molecular weight excluding hydrogens is 821 g/mol. The first-order valence-corrected chi connectivity index (χ1v) is 21.5. The molecule has 15 heteroatoms. The molecule has 0 fully saturated rings. The molecule has 7 N–H and O–H groups in total. The highest BCUT2D eigenvalue weighted by atomic mass is 32.1. The average Bonchev–Trinajstić information content (AvgIpc) is 3.81. The largest absolute Gasteiger partial charge is 0.480 e. The Kier molecular flexibility index (Phi) is 15.2. The van der Waals surface area contributed by atoms with E-state index >= 15 is 0 Å². The van der Waals surface area contributed by atoms with Crippen LogP contribution in [0.5, 0.6) is 0 Å². The Bertz CT molecular complexity index is 2390. The number of carbonyl (C=O) groups excluding carboxylic acids is 6. The molecule has 326 valence electrons. The second-order valence-electron chi connectivity index (χ2n) is 15.9. The fourth-order valence-electron chi connectivity index (χ4n) is 6.96. The van der Waals surface area contributed by atoms with Gasteiger partial charge in [-0.2, -0.15) is 0 Å². The van der Waals surface area contributed by atoms with Crippen molar-refractivity contribution < 1.29 is 38.7 Å². The van der Waals surface area contributed by atoms with Gasteiger partial charge in [0.2, 0.25) is 35.4 Å². The summed E-state index contributed by atoms with van der Waals surface area (Å²) in [6.07, 6.45) is -0.0879. The zero-order chi connectivity index (χ0) is 44.9. The molecule has 0 spiro atoms. The van der Waals surface area contributed by atoms with Gasteiger partial charge in [-0.1, -0.05) is 103 Å². The number of nitrogens with one attached hydrogen (secondary N) is 6. The van der Waals surface area contributed by atoms with Crippen LogP contribution >= 0.6 is 11.3 Å². The standard InChI is InChI=1S/C48H50N6O8S/c1-48(2,47(61)62)54-45(59)38-29-32-17-22-35(23-18-32)49-40(55)25-26-41(56)53-42(39-14-9-27-63-39)46(60)52-37(28-31-15-20-34(21-16-31)33-12-7-4-8-13-33)44(58)50-36(43(57)51-38)24-19-30-10-5-3-6-11-30/h3-18,20-23,27,36-38,42H,19,24-26,28-29H2,1-2H3,(H,49,55)(H,50,58)(H,51,57)(H,52,60)(H,53,56)(H,54,59)(H,61,62)/t36-,37+,38+,42?/m1/s1. The van der Waals surface area contributed by atoms with Crippen molar-refractivity contribution in [2.24, 2.45) is 0 Å². The molecule has 7 rings (SSSR count). The number of fused-ring (bicyclic) bond motifs is 18. The van der Waals surface area contributed by atoms with Crippen molar-refractivity contribution in [3.63, 3.8) is 0 Å². The Morgan fingerprint density at radius 2 is 1.29 bits per heavy atom. The van der Waals surface area contributed by atoms with E-state index in [-0.39, 0.29) is 32.1 Å². The quantitative estimate of drug-likeness (QED) is 0.0962. The van der Waals surface area contributed by atoms with Gasteiger partial charge in [0.1, 0.15) is 29.7 Å². The van der Waals surface area contributed by atoms with Crippen LogP contribution in [-0.2, 0) is 52.8 Å². The van der Waals surface area contributed by atoms with Crippen LogP contribution in [0.15, 0.2) is 127 Å². The number of amides is 6. The van der Waals surface area contributed by atoms with Crippen LogP contribution in [0.1, 0.15) is 60.7 Å². The number of carboxylic acid groups (broad SMARTS) is 1. The molecule has 0 saturated carbocycles. The summed E-state index contributed by atoms with van der Waals surface area (Å²) < 4.78 is 0. The van der Waals surface area contributed by atoms with Crippen molar-refractivity contribution in [3.8, 4) is 11.1 Å². The molecule has 0 saturated heterocycles. The van der Waals surface area contributed by atoms with Crippen molar-refractivity contribution in [1.29, 1.82) is 0 Å². The van der Waals surface area contributed by atoms with E-state index in [1.54, 1.807) is 41.8 Å². The molecule has 2 aliphatic rings. The Hall–Kier alpha value is -7.13. The first-order valence-electron chi connectivity index (χ1n) is 20.6. The number of aliphatic carboxylic acids is 1. The molecule has 5 aromatic rings. The van der Waals surface area contributed by atoms with E-state index in [1.807, 2.05) is 84.9 Å². The lowest BCUT2D eigenvalue weighted by Crippen LogP contribution is -2.60. The highest BCUT2D eigenvalue weighted by Gasteiger charge is 2.35. The Morgan fingerprint density at radius 3 is 1.94 bits per heavy atom.